The van der Waals surface area contributed by atoms with Crippen molar-refractivity contribution in [3.63, 3.8) is 0 Å². The van der Waals surface area contributed by atoms with Gasteiger partial charge >= 0.3 is 7.48 Å². The molecule has 0 aliphatic carbocycles. The van der Waals surface area contributed by atoms with Gasteiger partial charge in [0, 0.05) is 28.7 Å². The van der Waals surface area contributed by atoms with E-state index in [2.05, 4.69) is 35.9 Å². The lowest BCUT2D eigenvalue weighted by atomic mass is 9.78. The Labute approximate surface area is 212 Å². The van der Waals surface area contributed by atoms with E-state index in [1.165, 1.54) is 40.1 Å². The Hall–Kier alpha value is -1.81. The monoisotopic (exact) mass is 500 g/mol. The van der Waals surface area contributed by atoms with Crippen LogP contribution >= 0.6 is 22.7 Å². The molecule has 6 nitrogen and oxygen atoms in total. The largest absolute Gasteiger partial charge is 0.427 e. The second-order valence-electron chi connectivity index (χ2n) is 9.86. The molecule has 0 fully saturated rings. The van der Waals surface area contributed by atoms with Gasteiger partial charge in [0.2, 0.25) is 0 Å². The van der Waals surface area contributed by atoms with Gasteiger partial charge < -0.3 is 14.7 Å². The molecule has 0 saturated heterocycles. The number of allylic oxidation sites excluding steroid dienone is 1. The fourth-order valence-electron chi connectivity index (χ4n) is 3.41. The summed E-state index contributed by atoms with van der Waals surface area (Å²) in [5.74, 6) is 0. The maximum Gasteiger partial charge on any atom is 0.313 e. The highest BCUT2D eigenvalue weighted by Gasteiger charge is 2.36. The van der Waals surface area contributed by atoms with Crippen molar-refractivity contribution in [3.05, 3.63) is 28.7 Å². The summed E-state index contributed by atoms with van der Waals surface area (Å²) in [6.07, 6.45) is 6.41. The molecule has 34 heavy (non-hydrogen) atoms. The average Bonchev–Trinajstić information content (AvgIpc) is 3.33. The van der Waals surface area contributed by atoms with Gasteiger partial charge in [-0.05, 0) is 58.1 Å². The molecule has 1 aliphatic heterocycles. The molecule has 0 aromatic carbocycles. The third-order valence-corrected chi connectivity index (χ3v) is 8.88. The molecular weight excluding hydrogens is 463 g/mol. The van der Waals surface area contributed by atoms with Crippen molar-refractivity contribution in [2.45, 2.75) is 78.4 Å². The third-order valence-electron chi connectivity index (χ3n) is 6.52. The van der Waals surface area contributed by atoms with Crippen LogP contribution in [0, 0.1) is 10.8 Å². The molecule has 0 saturated carbocycles. The lowest BCUT2D eigenvalue weighted by Gasteiger charge is -2.38. The van der Waals surface area contributed by atoms with E-state index in [1.54, 1.807) is 42.7 Å². The maximum absolute atomic E-state index is 10.3. The first-order chi connectivity index (χ1) is 16.0. The number of rotatable bonds is 12. The molecule has 3 rings (SSSR count). The van der Waals surface area contributed by atoms with E-state index < -0.39 is 11.2 Å². The van der Waals surface area contributed by atoms with E-state index in [4.69, 9.17) is 15.5 Å². The first-order valence-electron chi connectivity index (χ1n) is 12.1. The Balaban J connectivity index is 1.79. The normalized spacial score (nSPS) is 15.0. The van der Waals surface area contributed by atoms with E-state index in [9.17, 15) is 5.11 Å². The Morgan fingerprint density at radius 1 is 1.00 bits per heavy atom. The summed E-state index contributed by atoms with van der Waals surface area (Å²) in [5.41, 5.74) is -0.494. The van der Waals surface area contributed by atoms with Crippen LogP contribution in [0.2, 0.25) is 0 Å². The number of hydrogen-bond donors (Lipinski definition) is 3. The van der Waals surface area contributed by atoms with Gasteiger partial charge in [-0.1, -0.05) is 26.7 Å². The Kier molecular flexibility index (Phi) is 8.55. The second kappa shape index (κ2) is 10.9. The highest BCUT2D eigenvalue weighted by Crippen LogP contribution is 2.39. The average molecular weight is 501 g/mol. The minimum atomic E-state index is -1.03. The summed E-state index contributed by atoms with van der Waals surface area (Å²) in [5, 5.41) is 28.7. The zero-order chi connectivity index (χ0) is 25.1. The van der Waals surface area contributed by atoms with E-state index in [1.807, 2.05) is 13.8 Å². The highest BCUT2D eigenvalue weighted by atomic mass is 32.1. The van der Waals surface area contributed by atoms with Crippen molar-refractivity contribution in [1.29, 1.82) is 10.8 Å². The van der Waals surface area contributed by atoms with Gasteiger partial charge in [0.25, 0.3) is 0 Å². The van der Waals surface area contributed by atoms with Crippen molar-refractivity contribution in [3.8, 4) is 0 Å². The minimum absolute atomic E-state index is 0.115. The summed E-state index contributed by atoms with van der Waals surface area (Å²) in [7, 11) is 0.128. The van der Waals surface area contributed by atoms with Crippen LogP contribution in [0.4, 0.5) is 5.00 Å². The number of unbranched alkanes of at least 4 members (excludes halogenated alkanes) is 2. The Morgan fingerprint density at radius 2 is 1.62 bits per heavy atom. The number of hydrogen-bond acceptors (Lipinski definition) is 8. The molecule has 0 atom stereocenters. The number of aliphatic hydroxyl groups is 1. The molecule has 0 amide bonds. The van der Waals surface area contributed by atoms with Gasteiger partial charge in [0.15, 0.2) is 0 Å². The summed E-state index contributed by atoms with van der Waals surface area (Å²) in [6.45, 7) is 13.7. The van der Waals surface area contributed by atoms with Crippen LogP contribution in [0.3, 0.4) is 0 Å². The van der Waals surface area contributed by atoms with Gasteiger partial charge in [-0.2, -0.15) is 0 Å². The van der Waals surface area contributed by atoms with Gasteiger partial charge in [-0.15, -0.1) is 22.7 Å². The first kappa shape index (κ1) is 26.8. The van der Waals surface area contributed by atoms with Crippen molar-refractivity contribution in [1.82, 2.24) is 0 Å². The predicted molar refractivity (Wildman–Crippen MR) is 150 cm³/mol. The number of aliphatic imine (C=N–C) groups is 1. The highest BCUT2D eigenvalue weighted by molar-refractivity contribution is 7.31. The van der Waals surface area contributed by atoms with E-state index in [0.29, 0.717) is 11.2 Å². The molecule has 3 heterocycles. The number of anilines is 1. The second-order valence-corrected chi connectivity index (χ2v) is 12.0. The zero-order valence-corrected chi connectivity index (χ0v) is 22.9. The minimum Gasteiger partial charge on any atom is -0.427 e. The molecule has 2 aromatic heterocycles. The molecule has 1 aliphatic rings. The smallest absolute Gasteiger partial charge is 0.313 e. The van der Waals surface area contributed by atoms with Gasteiger partial charge in [0.1, 0.15) is 11.4 Å². The van der Waals surface area contributed by atoms with Crippen LogP contribution in [-0.2, 0) is 4.65 Å². The summed E-state index contributed by atoms with van der Waals surface area (Å²) >= 11 is 3.44. The quantitative estimate of drug-likeness (QED) is 0.314. The van der Waals surface area contributed by atoms with Crippen LogP contribution in [0.25, 0.3) is 9.40 Å². The van der Waals surface area contributed by atoms with Gasteiger partial charge in [-0.25, -0.2) is 0 Å². The first-order valence-corrected chi connectivity index (χ1v) is 13.7. The van der Waals surface area contributed by atoms with Gasteiger partial charge in [-0.3, -0.25) is 15.8 Å². The van der Waals surface area contributed by atoms with Crippen LogP contribution in [0.1, 0.15) is 72.1 Å². The molecule has 184 valence electrons. The van der Waals surface area contributed by atoms with E-state index >= 15 is 0 Å². The molecule has 3 N–H and O–H groups in total. The lowest BCUT2D eigenvalue weighted by Crippen LogP contribution is -2.48. The van der Waals surface area contributed by atoms with Crippen LogP contribution < -0.4 is 4.90 Å². The van der Waals surface area contributed by atoms with Crippen LogP contribution in [0.5, 0.6) is 0 Å². The molecule has 0 radical (unpaired) electrons. The van der Waals surface area contributed by atoms with Gasteiger partial charge in [0.05, 0.1) is 26.8 Å². The Morgan fingerprint density at radius 3 is 2.18 bits per heavy atom. The summed E-state index contributed by atoms with van der Waals surface area (Å²) in [4.78, 5) is 7.96. The van der Waals surface area contributed by atoms with Crippen molar-refractivity contribution < 1.29 is 9.76 Å². The van der Waals surface area contributed by atoms with E-state index in [0.717, 1.165) is 18.0 Å². The molecular formula is C25H37BN4O2S2. The van der Waals surface area contributed by atoms with Crippen molar-refractivity contribution in [2.75, 3.05) is 18.0 Å². The molecule has 0 bridgehead atoms. The van der Waals surface area contributed by atoms with E-state index in [-0.39, 0.29) is 18.9 Å². The standard InChI is InChI=1S/C25H37BN4O2S2/c1-7-9-11-30(12-10-8-2)20-14-18-17(34-20)13-19(33-18)23-22(28)21(27)16(15-29-23)26-32-25(5,6)24(3,4)31/h13-15,26-28,31H,7-12H2,1-6H3. The fourth-order valence-corrected chi connectivity index (χ4v) is 5.85. The number of nitrogens with zero attached hydrogens (tertiary/aromatic N) is 2. The number of nitrogens with one attached hydrogen (secondary N) is 2. The zero-order valence-electron chi connectivity index (χ0n) is 21.2. The summed E-state index contributed by atoms with van der Waals surface area (Å²) in [6, 6.07) is 4.38. The SMILES string of the molecule is CCCCN(CCCC)c1cc2sc(C3=NC=C(BOC(C)(C)C(C)(C)O)C(=N)C3=N)cc2s1. The Bertz CT molecular complexity index is 1070. The van der Waals surface area contributed by atoms with Crippen LogP contribution in [-0.4, -0.2) is 54.0 Å². The summed E-state index contributed by atoms with van der Waals surface area (Å²) < 4.78 is 8.31. The van der Waals surface area contributed by atoms with Crippen LogP contribution in [0.15, 0.2) is 28.8 Å². The third kappa shape index (κ3) is 5.87. The molecule has 2 aromatic rings. The predicted octanol–water partition coefficient (Wildman–Crippen LogP) is 5.97. The molecule has 0 spiro atoms. The maximum atomic E-state index is 10.3. The number of fused-ring (bicyclic) bond motifs is 1. The van der Waals surface area contributed by atoms with Crippen molar-refractivity contribution in [2.24, 2.45) is 4.99 Å². The lowest BCUT2D eigenvalue weighted by molar-refractivity contribution is -0.0895. The number of thiophene rings is 2. The molecule has 9 heteroatoms. The fraction of sp³-hybridized carbons (Fsp3) is 0.560. The topological polar surface area (TPSA) is 92.8 Å². The molecule has 0 unspecified atom stereocenters. The van der Waals surface area contributed by atoms with Crippen molar-refractivity contribution >= 4 is 61.7 Å².